The number of ketones is 1. The Morgan fingerprint density at radius 1 is 1.59 bits per heavy atom. The topological polar surface area (TPSA) is 26.3 Å². The largest absolute Gasteiger partial charge is 0.370 e. The van der Waals surface area contributed by atoms with E-state index in [0.717, 1.165) is 29.7 Å². The minimum absolute atomic E-state index is 0.194. The molecule has 1 aliphatic carbocycles. The van der Waals surface area contributed by atoms with Crippen LogP contribution in [0.15, 0.2) is 11.4 Å². The highest BCUT2D eigenvalue weighted by molar-refractivity contribution is 7.12. The fraction of sp³-hybridized carbons (Fsp3) is 0.643. The first-order valence-corrected chi connectivity index (χ1v) is 7.11. The Hall–Kier alpha value is -0.670. The molecular weight excluding hydrogens is 232 g/mol. The van der Waals surface area contributed by atoms with Crippen molar-refractivity contribution < 1.29 is 9.53 Å². The smallest absolute Gasteiger partial charge is 0.204 e. The molecule has 0 amide bonds. The second-order valence-electron chi connectivity index (χ2n) is 5.16. The SMILES string of the molecule is COC1(C(=O)c2sccc2C)CCCC(C)C1. The van der Waals surface area contributed by atoms with Crippen molar-refractivity contribution in [2.45, 2.75) is 45.1 Å². The molecule has 0 aliphatic heterocycles. The van der Waals surface area contributed by atoms with E-state index < -0.39 is 5.60 Å². The Labute approximate surface area is 107 Å². The van der Waals surface area contributed by atoms with Crippen molar-refractivity contribution in [1.82, 2.24) is 0 Å². The second kappa shape index (κ2) is 4.91. The summed E-state index contributed by atoms with van der Waals surface area (Å²) in [5.74, 6) is 0.770. The first-order valence-electron chi connectivity index (χ1n) is 6.23. The van der Waals surface area contributed by atoms with Gasteiger partial charge in [-0.25, -0.2) is 0 Å². The molecule has 0 saturated heterocycles. The molecule has 1 aliphatic rings. The minimum Gasteiger partial charge on any atom is -0.370 e. The van der Waals surface area contributed by atoms with Crippen molar-refractivity contribution in [2.75, 3.05) is 7.11 Å². The number of hydrogen-bond acceptors (Lipinski definition) is 3. The highest BCUT2D eigenvalue weighted by Crippen LogP contribution is 2.38. The van der Waals surface area contributed by atoms with Gasteiger partial charge in [-0.1, -0.05) is 13.3 Å². The van der Waals surface area contributed by atoms with Crippen LogP contribution in [0.5, 0.6) is 0 Å². The van der Waals surface area contributed by atoms with E-state index >= 15 is 0 Å². The molecule has 0 N–H and O–H groups in total. The lowest BCUT2D eigenvalue weighted by molar-refractivity contribution is -0.0300. The number of carbonyl (C=O) groups is 1. The van der Waals surface area contributed by atoms with Crippen molar-refractivity contribution in [3.05, 3.63) is 21.9 Å². The van der Waals surface area contributed by atoms with Crippen LogP contribution in [0, 0.1) is 12.8 Å². The predicted molar refractivity (Wildman–Crippen MR) is 70.8 cm³/mol. The Morgan fingerprint density at radius 3 is 2.88 bits per heavy atom. The van der Waals surface area contributed by atoms with Gasteiger partial charge in [0.25, 0.3) is 0 Å². The molecule has 3 heteroatoms. The molecule has 1 aromatic rings. The van der Waals surface area contributed by atoms with Gasteiger partial charge in [-0.05, 0) is 49.1 Å². The molecule has 0 spiro atoms. The van der Waals surface area contributed by atoms with Crippen LogP contribution in [-0.4, -0.2) is 18.5 Å². The molecule has 1 heterocycles. The highest BCUT2D eigenvalue weighted by Gasteiger charge is 2.43. The number of ether oxygens (including phenoxy) is 1. The summed E-state index contributed by atoms with van der Waals surface area (Å²) in [6.45, 7) is 4.21. The third kappa shape index (κ3) is 2.31. The standard InChI is InChI=1S/C14H20O2S/c1-10-5-4-7-14(9-10,16-3)13(15)12-11(2)6-8-17-12/h6,8,10H,4-5,7,9H2,1-3H3. The third-order valence-electron chi connectivity index (χ3n) is 3.83. The van der Waals surface area contributed by atoms with Crippen LogP contribution in [0.1, 0.15) is 47.8 Å². The molecule has 1 aromatic heterocycles. The molecule has 17 heavy (non-hydrogen) atoms. The number of thiophene rings is 1. The minimum atomic E-state index is -0.562. The first-order chi connectivity index (χ1) is 8.09. The molecule has 2 nitrogen and oxygen atoms in total. The zero-order valence-corrected chi connectivity index (χ0v) is 11.6. The molecule has 94 valence electrons. The van der Waals surface area contributed by atoms with Gasteiger partial charge in [0.15, 0.2) is 0 Å². The Balaban J connectivity index is 2.29. The van der Waals surface area contributed by atoms with Gasteiger partial charge in [-0.15, -0.1) is 11.3 Å². The van der Waals surface area contributed by atoms with Gasteiger partial charge in [-0.2, -0.15) is 0 Å². The number of carbonyl (C=O) groups excluding carboxylic acids is 1. The Bertz CT molecular complexity index is 410. The van der Waals surface area contributed by atoms with Gasteiger partial charge in [-0.3, -0.25) is 4.79 Å². The maximum absolute atomic E-state index is 12.7. The number of rotatable bonds is 3. The predicted octanol–water partition coefficient (Wildman–Crippen LogP) is 3.83. The summed E-state index contributed by atoms with van der Waals surface area (Å²) in [7, 11) is 1.68. The number of methoxy groups -OCH3 is 1. The van der Waals surface area contributed by atoms with E-state index in [1.54, 1.807) is 7.11 Å². The van der Waals surface area contributed by atoms with Gasteiger partial charge >= 0.3 is 0 Å². The summed E-state index contributed by atoms with van der Waals surface area (Å²) in [5.41, 5.74) is 0.516. The zero-order valence-electron chi connectivity index (χ0n) is 10.8. The van der Waals surface area contributed by atoms with Gasteiger partial charge in [0.2, 0.25) is 5.78 Å². The summed E-state index contributed by atoms with van der Waals surface area (Å²) in [5, 5.41) is 1.98. The molecule has 1 saturated carbocycles. The molecule has 0 bridgehead atoms. The van der Waals surface area contributed by atoms with E-state index in [1.807, 2.05) is 18.4 Å². The zero-order chi connectivity index (χ0) is 12.5. The lowest BCUT2D eigenvalue weighted by atomic mass is 9.75. The van der Waals surface area contributed by atoms with Crippen molar-refractivity contribution in [3.63, 3.8) is 0 Å². The van der Waals surface area contributed by atoms with Crippen molar-refractivity contribution in [3.8, 4) is 0 Å². The maximum atomic E-state index is 12.7. The molecule has 0 aromatic carbocycles. The quantitative estimate of drug-likeness (QED) is 0.764. The summed E-state index contributed by atoms with van der Waals surface area (Å²) in [6, 6.07) is 2.01. The summed E-state index contributed by atoms with van der Waals surface area (Å²) in [4.78, 5) is 13.5. The Kier molecular flexibility index (Phi) is 3.69. The van der Waals surface area contributed by atoms with Crippen LogP contribution in [0.2, 0.25) is 0 Å². The van der Waals surface area contributed by atoms with Crippen LogP contribution < -0.4 is 0 Å². The number of aryl methyl sites for hydroxylation is 1. The summed E-state index contributed by atoms with van der Waals surface area (Å²) in [6.07, 6.45) is 4.02. The lowest BCUT2D eigenvalue weighted by Crippen LogP contribution is -2.44. The summed E-state index contributed by atoms with van der Waals surface area (Å²) >= 11 is 1.54. The monoisotopic (exact) mass is 252 g/mol. The van der Waals surface area contributed by atoms with E-state index in [1.165, 1.54) is 17.8 Å². The molecule has 0 radical (unpaired) electrons. The van der Waals surface area contributed by atoms with Crippen molar-refractivity contribution in [2.24, 2.45) is 5.92 Å². The summed E-state index contributed by atoms with van der Waals surface area (Å²) < 4.78 is 5.65. The van der Waals surface area contributed by atoms with Gasteiger partial charge in [0.05, 0.1) is 4.88 Å². The normalized spacial score (nSPS) is 29.2. The van der Waals surface area contributed by atoms with Gasteiger partial charge < -0.3 is 4.74 Å². The first kappa shape index (κ1) is 12.8. The molecule has 2 unspecified atom stereocenters. The maximum Gasteiger partial charge on any atom is 0.204 e. The van der Waals surface area contributed by atoms with Crippen LogP contribution in [0.25, 0.3) is 0 Å². The molecule has 2 atom stereocenters. The van der Waals surface area contributed by atoms with Crippen LogP contribution in [-0.2, 0) is 4.74 Å². The van der Waals surface area contributed by atoms with E-state index in [4.69, 9.17) is 4.74 Å². The highest BCUT2D eigenvalue weighted by atomic mass is 32.1. The average molecular weight is 252 g/mol. The van der Waals surface area contributed by atoms with Crippen LogP contribution in [0.3, 0.4) is 0 Å². The Morgan fingerprint density at radius 2 is 2.35 bits per heavy atom. The molecule has 1 fully saturated rings. The van der Waals surface area contributed by atoms with Crippen LogP contribution >= 0.6 is 11.3 Å². The van der Waals surface area contributed by atoms with Gasteiger partial charge in [0.1, 0.15) is 5.60 Å². The van der Waals surface area contributed by atoms with Crippen molar-refractivity contribution in [1.29, 1.82) is 0 Å². The fourth-order valence-electron chi connectivity index (χ4n) is 2.80. The van der Waals surface area contributed by atoms with Gasteiger partial charge in [0, 0.05) is 7.11 Å². The van der Waals surface area contributed by atoms with E-state index in [-0.39, 0.29) is 5.78 Å². The number of hydrogen-bond donors (Lipinski definition) is 0. The van der Waals surface area contributed by atoms with E-state index in [0.29, 0.717) is 5.92 Å². The van der Waals surface area contributed by atoms with Crippen LogP contribution in [0.4, 0.5) is 0 Å². The van der Waals surface area contributed by atoms with Crippen molar-refractivity contribution >= 4 is 17.1 Å². The third-order valence-corrected chi connectivity index (χ3v) is 4.84. The second-order valence-corrected chi connectivity index (χ2v) is 6.08. The fourth-order valence-corrected chi connectivity index (χ4v) is 3.75. The lowest BCUT2D eigenvalue weighted by Gasteiger charge is -2.37. The van der Waals surface area contributed by atoms with E-state index in [9.17, 15) is 4.79 Å². The average Bonchev–Trinajstić information content (AvgIpc) is 2.74. The molecule has 2 rings (SSSR count). The molecular formula is C14H20O2S. The number of Topliss-reactive ketones (excluding diaryl/α,β-unsaturated/α-hetero) is 1. The van der Waals surface area contributed by atoms with E-state index in [2.05, 4.69) is 6.92 Å².